The van der Waals surface area contributed by atoms with Crippen LogP contribution in [-0.4, -0.2) is 112 Å². The molecular weight excluding hydrogens is 637 g/mol. The van der Waals surface area contributed by atoms with Crippen LogP contribution in [0.4, 0.5) is 19.4 Å². The van der Waals surface area contributed by atoms with Crippen molar-refractivity contribution >= 4 is 44.9 Å². The first-order valence-electron chi connectivity index (χ1n) is 14.7. The average molecular weight is 681 g/mol. The van der Waals surface area contributed by atoms with Crippen LogP contribution in [-0.2, 0) is 4.74 Å². The first kappa shape index (κ1) is 30.4. The molecule has 0 N–H and O–H groups in total. The number of pyridine rings is 1. The van der Waals surface area contributed by atoms with Crippen LogP contribution < -0.4 is 13.3 Å². The third-order valence-corrected chi connectivity index (χ3v) is 13.8. The first-order valence-corrected chi connectivity index (χ1v) is 24.7. The zero-order valence-electron chi connectivity index (χ0n) is 25.6. The molecule has 3 saturated heterocycles. The Kier molecular flexibility index (Phi) is 8.10. The number of carbonyl (C=O) groups excluding carboxylic acids is 1. The molecule has 0 radical (unpaired) electrons. The van der Waals surface area contributed by atoms with Gasteiger partial charge in [0.2, 0.25) is 0 Å². The predicted molar refractivity (Wildman–Crippen MR) is 158 cm³/mol. The van der Waals surface area contributed by atoms with Crippen LogP contribution in [0.1, 0.15) is 53.4 Å². The van der Waals surface area contributed by atoms with E-state index in [1.165, 1.54) is 0 Å². The van der Waals surface area contributed by atoms with Gasteiger partial charge in [0.1, 0.15) is 0 Å². The van der Waals surface area contributed by atoms with Gasteiger partial charge in [-0.05, 0) is 20.8 Å². The minimum absolute atomic E-state index is 0.0812. The summed E-state index contributed by atoms with van der Waals surface area (Å²) >= 11 is -2.91. The third-order valence-electron chi connectivity index (χ3n) is 8.76. The second-order valence-electron chi connectivity index (χ2n) is 14.0. The number of nitrogens with zero attached hydrogens (tertiary/aromatic N) is 6. The maximum absolute atomic E-state index is 16.1. The molecule has 5 rings (SSSR count). The molecule has 2 aromatic rings. The van der Waals surface area contributed by atoms with Crippen molar-refractivity contribution in [2.24, 2.45) is 0 Å². The number of alkyl halides is 1. The predicted octanol–water partition coefficient (Wildman–Crippen LogP) is 4.50. The molecule has 4 atom stereocenters. The molecule has 3 aliphatic heterocycles. The van der Waals surface area contributed by atoms with Crippen LogP contribution in [0.3, 0.4) is 0 Å². The fourth-order valence-electron chi connectivity index (χ4n) is 6.70. The van der Waals surface area contributed by atoms with Gasteiger partial charge in [0.25, 0.3) is 0 Å². The fourth-order valence-corrected chi connectivity index (χ4v) is 10.2. The molecule has 12 heteroatoms. The summed E-state index contributed by atoms with van der Waals surface area (Å²) in [5, 5.41) is 0.505. The molecule has 0 unspecified atom stereocenters. The molecule has 0 saturated carbocycles. The number of amides is 1. The molecule has 9 nitrogen and oxygen atoms in total. The van der Waals surface area contributed by atoms with E-state index < -0.39 is 36.0 Å². The van der Waals surface area contributed by atoms with Gasteiger partial charge in [0, 0.05) is 0 Å². The Morgan fingerprint density at radius 3 is 2.66 bits per heavy atom. The van der Waals surface area contributed by atoms with Gasteiger partial charge in [-0.2, -0.15) is 0 Å². The summed E-state index contributed by atoms with van der Waals surface area (Å²) in [7, 11) is 1.90. The van der Waals surface area contributed by atoms with Crippen molar-refractivity contribution in [2.75, 3.05) is 38.2 Å². The number of aromatic nitrogens is 3. The summed E-state index contributed by atoms with van der Waals surface area (Å²) in [4.78, 5) is 39.1. The fraction of sp³-hybridized carbons (Fsp3) is 0.724. The Morgan fingerprint density at radius 1 is 1.24 bits per heavy atom. The molecule has 0 aromatic carbocycles. The van der Waals surface area contributed by atoms with Crippen LogP contribution >= 0.6 is 0 Å². The van der Waals surface area contributed by atoms with Crippen molar-refractivity contribution in [1.82, 2.24) is 24.8 Å². The molecule has 41 heavy (non-hydrogen) atoms. The normalized spacial score (nSPS) is 27.0. The van der Waals surface area contributed by atoms with E-state index in [1.807, 2.05) is 39.6 Å². The van der Waals surface area contributed by atoms with Gasteiger partial charge in [-0.25, -0.2) is 0 Å². The second kappa shape index (κ2) is 10.9. The van der Waals surface area contributed by atoms with Crippen molar-refractivity contribution in [3.8, 4) is 6.01 Å². The summed E-state index contributed by atoms with van der Waals surface area (Å²) in [6.07, 6.45) is 3.43. The van der Waals surface area contributed by atoms with Crippen molar-refractivity contribution in [1.29, 1.82) is 0 Å². The van der Waals surface area contributed by atoms with E-state index in [2.05, 4.69) is 29.7 Å². The van der Waals surface area contributed by atoms with Gasteiger partial charge in [-0.15, -0.1) is 0 Å². The standard InChI is InChI=1S/C26H35F2N6O3.3CH3.Sn/c1-16-20(7-10-34(16)24(35)37-25(2,3)4)32(5)22-18-12-29-13-19(28)21(18)30-23(31-22)36-15-26-8-6-9-33(26)14-17(27)11-26;;;;/h12,16-17,20H,6-11,14-15H2,1-5H3;3*1H3;/t16-,17-,20-,26+;;;;/m1..../s1. The Hall–Kier alpha value is -2.02. The van der Waals surface area contributed by atoms with Gasteiger partial charge in [0.15, 0.2) is 0 Å². The Morgan fingerprint density at radius 2 is 1.98 bits per heavy atom. The van der Waals surface area contributed by atoms with E-state index in [0.29, 0.717) is 40.8 Å². The van der Waals surface area contributed by atoms with Gasteiger partial charge >= 0.3 is 226 Å². The summed E-state index contributed by atoms with van der Waals surface area (Å²) in [5.74, 6) is 0.0958. The number of halogens is 2. The van der Waals surface area contributed by atoms with E-state index in [1.54, 1.807) is 11.1 Å². The molecule has 0 bridgehead atoms. The summed E-state index contributed by atoms with van der Waals surface area (Å²) < 4.78 is 42.8. The number of likely N-dealkylation sites (N-methyl/N-ethyl adjacent to an activating group) is 1. The minimum atomic E-state index is -2.91. The van der Waals surface area contributed by atoms with E-state index in [9.17, 15) is 9.18 Å². The third kappa shape index (κ3) is 5.94. The smallest absolute Gasteiger partial charge is 0.0253 e. The Bertz CT molecular complexity index is 1320. The van der Waals surface area contributed by atoms with E-state index in [-0.39, 0.29) is 41.8 Å². The zero-order valence-corrected chi connectivity index (χ0v) is 28.5. The van der Waals surface area contributed by atoms with E-state index >= 15 is 4.39 Å². The van der Waals surface area contributed by atoms with Crippen LogP contribution in [0, 0.1) is 5.82 Å². The van der Waals surface area contributed by atoms with Crippen LogP contribution in [0.5, 0.6) is 6.01 Å². The topological polar surface area (TPSA) is 83.9 Å². The van der Waals surface area contributed by atoms with E-state index in [0.717, 1.165) is 19.4 Å². The molecular formula is C29H44F2N6O3Sn. The van der Waals surface area contributed by atoms with Crippen LogP contribution in [0.25, 0.3) is 10.9 Å². The molecule has 0 aliphatic carbocycles. The van der Waals surface area contributed by atoms with Gasteiger partial charge in [0.05, 0.1) is 0 Å². The van der Waals surface area contributed by atoms with Crippen molar-refractivity contribution in [2.45, 2.75) is 97.6 Å². The summed E-state index contributed by atoms with van der Waals surface area (Å²) in [6, 6.07) is -0.181. The molecule has 3 aliphatic rings. The summed E-state index contributed by atoms with van der Waals surface area (Å²) in [5.41, 5.74) is -0.773. The maximum atomic E-state index is 16.1. The number of rotatable bonds is 6. The molecule has 1 amide bonds. The van der Waals surface area contributed by atoms with Crippen LogP contribution in [0.2, 0.25) is 14.8 Å². The minimum Gasteiger partial charge on any atom is -0.0253 e. The molecule has 0 spiro atoms. The molecule has 2 aromatic heterocycles. The second-order valence-corrected chi connectivity index (χ2v) is 28.2. The van der Waals surface area contributed by atoms with Gasteiger partial charge < -0.3 is 0 Å². The van der Waals surface area contributed by atoms with Crippen LogP contribution in [0.15, 0.2) is 6.20 Å². The molecule has 5 heterocycles. The number of likely N-dealkylation sites (tertiary alicyclic amines) is 1. The Labute approximate surface area is 245 Å². The number of fused-ring (bicyclic) bond motifs is 2. The average Bonchev–Trinajstić information content (AvgIpc) is 3.52. The first-order chi connectivity index (χ1) is 19.1. The number of hydrogen-bond donors (Lipinski definition) is 0. The number of hydrogen-bond acceptors (Lipinski definition) is 8. The molecule has 3 fully saturated rings. The van der Waals surface area contributed by atoms with E-state index in [4.69, 9.17) is 14.5 Å². The monoisotopic (exact) mass is 682 g/mol. The quantitative estimate of drug-likeness (QED) is 0.413. The number of anilines is 1. The summed E-state index contributed by atoms with van der Waals surface area (Å²) in [6.45, 7) is 9.62. The number of carbonyl (C=O) groups is 1. The van der Waals surface area contributed by atoms with Gasteiger partial charge in [-0.3, -0.25) is 0 Å². The number of ether oxygens (including phenoxy) is 2. The Balaban J connectivity index is 1.49. The van der Waals surface area contributed by atoms with Crippen molar-refractivity contribution < 1.29 is 23.0 Å². The van der Waals surface area contributed by atoms with Crippen molar-refractivity contribution in [3.05, 3.63) is 12.0 Å². The molecule has 226 valence electrons. The zero-order chi connectivity index (χ0) is 29.9. The van der Waals surface area contributed by atoms with Gasteiger partial charge in [-0.1, -0.05) is 0 Å². The van der Waals surface area contributed by atoms with Crippen molar-refractivity contribution in [3.63, 3.8) is 0 Å². The SMILES string of the molecule is C[C@@H]1[C@H](N(C)c2nc(OC[C@@]34CCCN3C[C@H](F)C4)nc3c(F)[c]([Sn]([CH3])([CH3])[CH3])ncc23)CCN1C(=O)OC(C)(C)C.